The summed E-state index contributed by atoms with van der Waals surface area (Å²) < 4.78 is 0. The minimum atomic E-state index is 0.393. The van der Waals surface area contributed by atoms with E-state index >= 15 is 0 Å². The molecule has 0 spiro atoms. The summed E-state index contributed by atoms with van der Waals surface area (Å²) >= 11 is 0. The van der Waals surface area contributed by atoms with Crippen molar-refractivity contribution < 1.29 is 4.79 Å². The molecule has 0 bridgehead atoms. The number of Topliss-reactive ketones (excluding diaryl/α,β-unsaturated/α-hetero) is 1. The average molecular weight is 190 g/mol. The smallest absolute Gasteiger partial charge is 0.132 e. The number of carbonyl (C=O) groups excluding carboxylic acids is 1. The first-order valence-corrected chi connectivity index (χ1v) is 4.99. The van der Waals surface area contributed by atoms with Gasteiger partial charge in [-0.15, -0.1) is 0 Å². The van der Waals surface area contributed by atoms with Crippen molar-refractivity contribution in [3.8, 4) is 0 Å². The number of hydrogen-bond donors (Lipinski definition) is 1. The third-order valence-electron chi connectivity index (χ3n) is 2.82. The van der Waals surface area contributed by atoms with Gasteiger partial charge < -0.3 is 5.73 Å². The molecule has 2 rings (SSSR count). The molecule has 0 saturated heterocycles. The van der Waals surface area contributed by atoms with Crippen LogP contribution in [-0.4, -0.2) is 10.8 Å². The summed E-state index contributed by atoms with van der Waals surface area (Å²) in [7, 11) is 0. The number of ketones is 1. The van der Waals surface area contributed by atoms with Crippen LogP contribution in [0, 0.1) is 0 Å². The van der Waals surface area contributed by atoms with E-state index in [4.69, 9.17) is 5.73 Å². The van der Waals surface area contributed by atoms with Gasteiger partial charge in [0.05, 0.1) is 0 Å². The lowest BCUT2D eigenvalue weighted by Gasteiger charge is -2.20. The highest BCUT2D eigenvalue weighted by molar-refractivity contribution is 5.79. The molecule has 1 fully saturated rings. The molecule has 1 aromatic heterocycles. The Bertz CT molecular complexity index is 322. The quantitative estimate of drug-likeness (QED) is 0.735. The molecule has 1 heterocycles. The number of nitrogen functional groups attached to an aromatic ring is 1. The van der Waals surface area contributed by atoms with Crippen molar-refractivity contribution in [2.45, 2.75) is 31.6 Å². The second kappa shape index (κ2) is 3.78. The van der Waals surface area contributed by atoms with Crippen LogP contribution >= 0.6 is 0 Å². The number of aromatic nitrogens is 1. The molecule has 0 atom stereocenters. The molecule has 0 radical (unpaired) electrons. The summed E-state index contributed by atoms with van der Waals surface area (Å²) in [6.07, 6.45) is 5.19. The van der Waals surface area contributed by atoms with Crippen LogP contribution < -0.4 is 5.73 Å². The zero-order chi connectivity index (χ0) is 9.97. The van der Waals surface area contributed by atoms with Crippen LogP contribution in [0.4, 0.5) is 5.82 Å². The van der Waals surface area contributed by atoms with Crippen molar-refractivity contribution in [2.75, 3.05) is 5.73 Å². The van der Waals surface area contributed by atoms with Crippen LogP contribution in [0.15, 0.2) is 18.3 Å². The van der Waals surface area contributed by atoms with E-state index in [0.717, 1.165) is 25.7 Å². The van der Waals surface area contributed by atoms with Crippen molar-refractivity contribution in [2.24, 2.45) is 0 Å². The highest BCUT2D eigenvalue weighted by atomic mass is 16.1. The first-order chi connectivity index (χ1) is 6.75. The van der Waals surface area contributed by atoms with Gasteiger partial charge in [0.2, 0.25) is 0 Å². The first-order valence-electron chi connectivity index (χ1n) is 4.99. The molecule has 2 N–H and O–H groups in total. The van der Waals surface area contributed by atoms with Crippen LogP contribution in [0.1, 0.15) is 37.2 Å². The lowest BCUT2D eigenvalue weighted by molar-refractivity contribution is -0.120. The van der Waals surface area contributed by atoms with Crippen LogP contribution in [0.5, 0.6) is 0 Å². The number of rotatable bonds is 1. The van der Waals surface area contributed by atoms with Crippen molar-refractivity contribution in [1.29, 1.82) is 0 Å². The lowest BCUT2D eigenvalue weighted by Crippen LogP contribution is -2.12. The van der Waals surface area contributed by atoms with Gasteiger partial charge >= 0.3 is 0 Å². The minimum absolute atomic E-state index is 0.393. The second-order valence-corrected chi connectivity index (χ2v) is 3.83. The van der Waals surface area contributed by atoms with Gasteiger partial charge in [-0.25, -0.2) is 4.98 Å². The zero-order valence-corrected chi connectivity index (χ0v) is 8.07. The van der Waals surface area contributed by atoms with Gasteiger partial charge in [-0.2, -0.15) is 0 Å². The maximum absolute atomic E-state index is 11.1. The van der Waals surface area contributed by atoms with Crippen molar-refractivity contribution in [3.05, 3.63) is 23.9 Å². The molecule has 3 heteroatoms. The largest absolute Gasteiger partial charge is 0.384 e. The van der Waals surface area contributed by atoms with Crippen LogP contribution in [0.3, 0.4) is 0 Å². The Morgan fingerprint density at radius 2 is 2.00 bits per heavy atom. The third-order valence-corrected chi connectivity index (χ3v) is 2.82. The summed E-state index contributed by atoms with van der Waals surface area (Å²) in [5, 5.41) is 0. The van der Waals surface area contributed by atoms with Gasteiger partial charge in [0, 0.05) is 19.0 Å². The Kier molecular flexibility index (Phi) is 2.48. The Morgan fingerprint density at radius 1 is 1.29 bits per heavy atom. The minimum Gasteiger partial charge on any atom is -0.384 e. The molecule has 1 saturated carbocycles. The predicted octanol–water partition coefficient (Wildman–Crippen LogP) is 1.89. The molecule has 0 aromatic carbocycles. The summed E-state index contributed by atoms with van der Waals surface area (Å²) in [4.78, 5) is 15.1. The SMILES string of the molecule is Nc1ccc(C2CCC(=O)CC2)cn1. The molecular weight excluding hydrogens is 176 g/mol. The maximum atomic E-state index is 11.1. The van der Waals surface area contributed by atoms with E-state index in [0.29, 0.717) is 17.5 Å². The fourth-order valence-electron chi connectivity index (χ4n) is 1.93. The highest BCUT2D eigenvalue weighted by Gasteiger charge is 2.19. The molecule has 74 valence electrons. The van der Waals surface area contributed by atoms with E-state index in [9.17, 15) is 4.79 Å². The maximum Gasteiger partial charge on any atom is 0.132 e. The number of pyridine rings is 1. The van der Waals surface area contributed by atoms with Gasteiger partial charge in [0.15, 0.2) is 0 Å². The van der Waals surface area contributed by atoms with E-state index < -0.39 is 0 Å². The van der Waals surface area contributed by atoms with E-state index in [-0.39, 0.29) is 0 Å². The van der Waals surface area contributed by atoms with E-state index in [2.05, 4.69) is 4.98 Å². The molecule has 1 aliphatic rings. The number of carbonyl (C=O) groups is 1. The van der Waals surface area contributed by atoms with Crippen LogP contribution in [-0.2, 0) is 4.79 Å². The summed E-state index contributed by atoms with van der Waals surface area (Å²) in [5.74, 6) is 1.45. The second-order valence-electron chi connectivity index (χ2n) is 3.83. The first kappa shape index (κ1) is 9.19. The van der Waals surface area contributed by atoms with Crippen molar-refractivity contribution >= 4 is 11.6 Å². The number of anilines is 1. The fraction of sp³-hybridized carbons (Fsp3) is 0.455. The van der Waals surface area contributed by atoms with Crippen molar-refractivity contribution in [1.82, 2.24) is 4.98 Å². The third kappa shape index (κ3) is 1.92. The van der Waals surface area contributed by atoms with Gasteiger partial charge in [-0.05, 0) is 30.4 Å². The van der Waals surface area contributed by atoms with Gasteiger partial charge in [-0.3, -0.25) is 4.79 Å². The lowest BCUT2D eigenvalue weighted by atomic mass is 9.84. The molecule has 0 unspecified atom stereocenters. The van der Waals surface area contributed by atoms with Gasteiger partial charge in [0.25, 0.3) is 0 Å². The molecule has 1 aromatic rings. The average Bonchev–Trinajstić information content (AvgIpc) is 2.21. The zero-order valence-electron chi connectivity index (χ0n) is 8.07. The van der Waals surface area contributed by atoms with Crippen LogP contribution in [0.25, 0.3) is 0 Å². The predicted molar refractivity (Wildman–Crippen MR) is 54.9 cm³/mol. The fourth-order valence-corrected chi connectivity index (χ4v) is 1.93. The van der Waals surface area contributed by atoms with E-state index in [1.807, 2.05) is 18.3 Å². The Morgan fingerprint density at radius 3 is 2.57 bits per heavy atom. The molecule has 14 heavy (non-hydrogen) atoms. The van der Waals surface area contributed by atoms with Gasteiger partial charge in [0.1, 0.15) is 11.6 Å². The van der Waals surface area contributed by atoms with Crippen molar-refractivity contribution in [3.63, 3.8) is 0 Å². The van der Waals surface area contributed by atoms with E-state index in [1.165, 1.54) is 5.56 Å². The Labute approximate surface area is 83.3 Å². The standard InChI is InChI=1S/C11H14N2O/c12-11-6-3-9(7-13-11)8-1-4-10(14)5-2-8/h3,6-8H,1-2,4-5H2,(H2,12,13). The summed E-state index contributed by atoms with van der Waals surface area (Å²) in [6.45, 7) is 0. The molecule has 3 nitrogen and oxygen atoms in total. The molecule has 1 aliphatic carbocycles. The molecular formula is C11H14N2O. The Balaban J connectivity index is 2.08. The van der Waals surface area contributed by atoms with Gasteiger partial charge in [-0.1, -0.05) is 6.07 Å². The monoisotopic (exact) mass is 190 g/mol. The van der Waals surface area contributed by atoms with E-state index in [1.54, 1.807) is 0 Å². The number of nitrogens with zero attached hydrogens (tertiary/aromatic N) is 1. The summed E-state index contributed by atoms with van der Waals surface area (Å²) in [6, 6.07) is 3.84. The molecule has 0 amide bonds. The highest BCUT2D eigenvalue weighted by Crippen LogP contribution is 2.30. The number of hydrogen-bond acceptors (Lipinski definition) is 3. The number of nitrogens with two attached hydrogens (primary N) is 1. The summed E-state index contributed by atoms with van der Waals surface area (Å²) in [5.41, 5.74) is 6.73. The Hall–Kier alpha value is -1.38. The van der Waals surface area contributed by atoms with Crippen LogP contribution in [0.2, 0.25) is 0 Å². The molecule has 0 aliphatic heterocycles. The topological polar surface area (TPSA) is 56.0 Å². The normalized spacial score (nSPS) is 18.4.